The number of hydrogen-bond acceptors (Lipinski definition) is 3. The lowest BCUT2D eigenvalue weighted by molar-refractivity contribution is 0.0619. The third-order valence-corrected chi connectivity index (χ3v) is 7.20. The highest BCUT2D eigenvalue weighted by molar-refractivity contribution is 7.17. The van der Waals surface area contributed by atoms with Crippen molar-refractivity contribution in [3.8, 4) is 0 Å². The molecule has 0 unspecified atom stereocenters. The highest BCUT2D eigenvalue weighted by Gasteiger charge is 2.26. The van der Waals surface area contributed by atoms with Gasteiger partial charge in [0.05, 0.1) is 10.2 Å². The van der Waals surface area contributed by atoms with Crippen LogP contribution in [0.4, 0.5) is 4.39 Å². The van der Waals surface area contributed by atoms with Gasteiger partial charge in [0, 0.05) is 44.3 Å². The molecule has 1 amide bonds. The number of thiophene rings is 1. The molecule has 0 bridgehead atoms. The quantitative estimate of drug-likeness (QED) is 0.387. The van der Waals surface area contributed by atoms with E-state index in [1.165, 1.54) is 12.1 Å². The van der Waals surface area contributed by atoms with Gasteiger partial charge in [0.1, 0.15) is 11.5 Å². The van der Waals surface area contributed by atoms with E-state index in [0.29, 0.717) is 25.3 Å². The SMILES string of the molecule is O=C(c1cc2sccc2n1Cc1cccc(F)c1)N1CCN(Cc2ccccc2Cl)CC1. The fraction of sp³-hybridized carbons (Fsp3) is 0.240. The summed E-state index contributed by atoms with van der Waals surface area (Å²) < 4.78 is 16.8. The number of benzene rings is 2. The van der Waals surface area contributed by atoms with E-state index < -0.39 is 0 Å². The summed E-state index contributed by atoms with van der Waals surface area (Å²) in [5.41, 5.74) is 3.63. The number of carbonyl (C=O) groups excluding carboxylic acids is 1. The highest BCUT2D eigenvalue weighted by atomic mass is 35.5. The van der Waals surface area contributed by atoms with Gasteiger partial charge in [0.15, 0.2) is 0 Å². The number of fused-ring (bicyclic) bond motifs is 1. The first-order valence-electron chi connectivity index (χ1n) is 10.6. The third-order valence-electron chi connectivity index (χ3n) is 5.98. The van der Waals surface area contributed by atoms with Gasteiger partial charge in [0.25, 0.3) is 5.91 Å². The predicted octanol–water partition coefficient (Wildman–Crippen LogP) is 5.50. The van der Waals surface area contributed by atoms with Gasteiger partial charge < -0.3 is 9.47 Å². The summed E-state index contributed by atoms with van der Waals surface area (Å²) in [4.78, 5) is 17.7. The third kappa shape index (κ3) is 4.31. The Morgan fingerprint density at radius 2 is 1.78 bits per heavy atom. The molecule has 0 aliphatic carbocycles. The fourth-order valence-corrected chi connectivity index (χ4v) is 5.30. The molecule has 1 fully saturated rings. The molecule has 4 aromatic rings. The molecule has 5 rings (SSSR count). The number of piperazine rings is 1. The van der Waals surface area contributed by atoms with Crippen molar-refractivity contribution >= 4 is 39.1 Å². The molecule has 0 saturated carbocycles. The summed E-state index contributed by atoms with van der Waals surface area (Å²) in [7, 11) is 0. The Morgan fingerprint density at radius 3 is 2.56 bits per heavy atom. The number of rotatable bonds is 5. The zero-order valence-corrected chi connectivity index (χ0v) is 19.1. The van der Waals surface area contributed by atoms with E-state index in [9.17, 15) is 9.18 Å². The monoisotopic (exact) mass is 467 g/mol. The summed E-state index contributed by atoms with van der Waals surface area (Å²) >= 11 is 7.92. The minimum atomic E-state index is -0.265. The first-order chi connectivity index (χ1) is 15.6. The van der Waals surface area contributed by atoms with Crippen molar-refractivity contribution in [3.63, 3.8) is 0 Å². The Kier molecular flexibility index (Phi) is 6.00. The normalized spacial score (nSPS) is 14.9. The van der Waals surface area contributed by atoms with E-state index in [0.717, 1.165) is 46.0 Å². The summed E-state index contributed by atoms with van der Waals surface area (Å²) in [5, 5.41) is 2.80. The zero-order chi connectivity index (χ0) is 22.1. The Labute approximate surface area is 195 Å². The van der Waals surface area contributed by atoms with Crippen LogP contribution in [0.5, 0.6) is 0 Å². The largest absolute Gasteiger partial charge is 0.335 e. The molecule has 4 nitrogen and oxygen atoms in total. The second kappa shape index (κ2) is 9.06. The molecular weight excluding hydrogens is 445 g/mol. The Bertz CT molecular complexity index is 1260. The molecule has 1 aliphatic rings. The summed E-state index contributed by atoms with van der Waals surface area (Å²) in [6, 6.07) is 18.5. The molecule has 0 spiro atoms. The molecule has 2 aromatic carbocycles. The lowest BCUT2D eigenvalue weighted by Gasteiger charge is -2.35. The van der Waals surface area contributed by atoms with Crippen molar-refractivity contribution in [1.29, 1.82) is 0 Å². The van der Waals surface area contributed by atoms with E-state index >= 15 is 0 Å². The van der Waals surface area contributed by atoms with Gasteiger partial charge in [-0.25, -0.2) is 4.39 Å². The molecule has 7 heteroatoms. The second-order valence-electron chi connectivity index (χ2n) is 8.08. The van der Waals surface area contributed by atoms with Crippen LogP contribution in [0.2, 0.25) is 5.02 Å². The maximum Gasteiger partial charge on any atom is 0.270 e. The number of aromatic nitrogens is 1. The topological polar surface area (TPSA) is 28.5 Å². The maximum atomic E-state index is 13.7. The standard InChI is InChI=1S/C25H23ClFN3OS/c26-21-7-2-1-5-19(21)17-28-9-11-29(12-10-28)25(31)23-15-24-22(8-13-32-24)30(23)16-18-4-3-6-20(27)14-18/h1-8,13-15H,9-12,16-17H2. The van der Waals surface area contributed by atoms with Crippen LogP contribution in [0, 0.1) is 5.82 Å². The average Bonchev–Trinajstić information content (AvgIpc) is 3.38. The molecule has 3 heterocycles. The van der Waals surface area contributed by atoms with Gasteiger partial charge in [-0.3, -0.25) is 9.69 Å². The predicted molar refractivity (Wildman–Crippen MR) is 128 cm³/mol. The highest BCUT2D eigenvalue weighted by Crippen LogP contribution is 2.28. The number of hydrogen-bond donors (Lipinski definition) is 0. The van der Waals surface area contributed by atoms with Crippen LogP contribution in [-0.2, 0) is 13.1 Å². The van der Waals surface area contributed by atoms with Crippen LogP contribution < -0.4 is 0 Å². The molecule has 0 N–H and O–H groups in total. The van der Waals surface area contributed by atoms with E-state index in [1.54, 1.807) is 17.4 Å². The van der Waals surface area contributed by atoms with Crippen molar-refractivity contribution in [2.45, 2.75) is 13.1 Å². The molecule has 1 saturated heterocycles. The summed E-state index contributed by atoms with van der Waals surface area (Å²) in [5.74, 6) is -0.235. The van der Waals surface area contributed by atoms with E-state index in [4.69, 9.17) is 11.6 Å². The smallest absolute Gasteiger partial charge is 0.270 e. The Hall–Kier alpha value is -2.67. The summed E-state index contributed by atoms with van der Waals surface area (Å²) in [6.45, 7) is 4.19. The first-order valence-corrected chi connectivity index (χ1v) is 11.9. The molecular formula is C25H23ClFN3OS. The van der Waals surface area contributed by atoms with Gasteiger partial charge in [0.2, 0.25) is 0 Å². The lowest BCUT2D eigenvalue weighted by Crippen LogP contribution is -2.48. The maximum absolute atomic E-state index is 13.7. The van der Waals surface area contributed by atoms with Crippen LogP contribution in [0.1, 0.15) is 21.6 Å². The van der Waals surface area contributed by atoms with E-state index in [2.05, 4.69) is 4.90 Å². The van der Waals surface area contributed by atoms with Crippen LogP contribution in [0.15, 0.2) is 66.0 Å². The van der Waals surface area contributed by atoms with Gasteiger partial charge in [-0.1, -0.05) is 41.9 Å². The number of amides is 1. The van der Waals surface area contributed by atoms with Crippen molar-refractivity contribution in [3.05, 3.63) is 93.7 Å². The molecule has 0 atom stereocenters. The Morgan fingerprint density at radius 1 is 0.969 bits per heavy atom. The van der Waals surface area contributed by atoms with Crippen molar-refractivity contribution < 1.29 is 9.18 Å². The fourth-order valence-electron chi connectivity index (χ4n) is 4.28. The van der Waals surface area contributed by atoms with Crippen molar-refractivity contribution in [2.75, 3.05) is 26.2 Å². The van der Waals surface area contributed by atoms with Gasteiger partial charge in [-0.15, -0.1) is 11.3 Å². The van der Waals surface area contributed by atoms with E-state index in [1.807, 2.05) is 57.3 Å². The number of halogens is 2. The molecule has 0 radical (unpaired) electrons. The van der Waals surface area contributed by atoms with E-state index in [-0.39, 0.29) is 11.7 Å². The van der Waals surface area contributed by atoms with Crippen molar-refractivity contribution in [2.24, 2.45) is 0 Å². The average molecular weight is 468 g/mol. The Balaban J connectivity index is 1.32. The van der Waals surface area contributed by atoms with Gasteiger partial charge in [-0.05, 0) is 46.8 Å². The van der Waals surface area contributed by atoms with Gasteiger partial charge in [-0.2, -0.15) is 0 Å². The summed E-state index contributed by atoms with van der Waals surface area (Å²) in [6.07, 6.45) is 0. The lowest BCUT2D eigenvalue weighted by atomic mass is 10.2. The molecule has 32 heavy (non-hydrogen) atoms. The minimum absolute atomic E-state index is 0.0298. The number of nitrogens with zero attached hydrogens (tertiary/aromatic N) is 3. The van der Waals surface area contributed by atoms with Crippen LogP contribution in [0.25, 0.3) is 10.2 Å². The van der Waals surface area contributed by atoms with Crippen molar-refractivity contribution in [1.82, 2.24) is 14.4 Å². The molecule has 2 aromatic heterocycles. The minimum Gasteiger partial charge on any atom is -0.335 e. The van der Waals surface area contributed by atoms with Crippen LogP contribution in [0.3, 0.4) is 0 Å². The molecule has 164 valence electrons. The number of carbonyl (C=O) groups is 1. The van der Waals surface area contributed by atoms with Crippen LogP contribution in [-0.4, -0.2) is 46.5 Å². The zero-order valence-electron chi connectivity index (χ0n) is 17.5. The molecule has 1 aliphatic heterocycles. The van der Waals surface area contributed by atoms with Crippen LogP contribution >= 0.6 is 22.9 Å². The second-order valence-corrected chi connectivity index (χ2v) is 9.43. The van der Waals surface area contributed by atoms with Gasteiger partial charge >= 0.3 is 0 Å². The first kappa shape index (κ1) is 21.2.